The highest BCUT2D eigenvalue weighted by Crippen LogP contribution is 2.46. The Kier molecular flexibility index (Phi) is 4.61. The van der Waals surface area contributed by atoms with Crippen LogP contribution in [0.4, 0.5) is 0 Å². The van der Waals surface area contributed by atoms with Gasteiger partial charge in [0.15, 0.2) is 0 Å². The fraction of sp³-hybridized carbons (Fsp3) is 0.944. The molecule has 23 heavy (non-hydrogen) atoms. The summed E-state index contributed by atoms with van der Waals surface area (Å²) in [5.74, 6) is 2.20. The van der Waals surface area contributed by atoms with Gasteiger partial charge in [0.05, 0.1) is 6.10 Å². The van der Waals surface area contributed by atoms with Crippen molar-refractivity contribution in [1.82, 2.24) is 14.7 Å². The number of nitrogens with zero attached hydrogens (tertiary/aromatic N) is 3. The fourth-order valence-corrected chi connectivity index (χ4v) is 5.44. The summed E-state index contributed by atoms with van der Waals surface area (Å²) in [4.78, 5) is 18.6. The zero-order chi connectivity index (χ0) is 15.8. The molecule has 2 aliphatic heterocycles. The average molecular weight is 321 g/mol. The van der Waals surface area contributed by atoms with E-state index < -0.39 is 6.10 Å². The van der Waals surface area contributed by atoms with Crippen molar-refractivity contribution in [3.8, 4) is 0 Å². The summed E-state index contributed by atoms with van der Waals surface area (Å²) in [5, 5.41) is 10.3. The van der Waals surface area contributed by atoms with Crippen molar-refractivity contribution in [3.05, 3.63) is 0 Å². The lowest BCUT2D eigenvalue weighted by molar-refractivity contribution is -0.129. The predicted octanol–water partition coefficient (Wildman–Crippen LogP) is 0.776. The van der Waals surface area contributed by atoms with E-state index in [4.69, 9.17) is 0 Å². The topological polar surface area (TPSA) is 47.0 Å². The predicted molar refractivity (Wildman–Crippen MR) is 89.1 cm³/mol. The molecule has 2 saturated heterocycles. The quantitative estimate of drug-likeness (QED) is 0.813. The molecule has 2 aliphatic carbocycles. The zero-order valence-electron chi connectivity index (χ0n) is 14.2. The number of aliphatic hydroxyl groups is 1. The minimum Gasteiger partial charge on any atom is -0.390 e. The van der Waals surface area contributed by atoms with Crippen LogP contribution in [-0.2, 0) is 4.79 Å². The van der Waals surface area contributed by atoms with E-state index in [1.54, 1.807) is 0 Å². The van der Waals surface area contributed by atoms with E-state index in [-0.39, 0.29) is 5.91 Å². The van der Waals surface area contributed by atoms with Gasteiger partial charge in [-0.15, -0.1) is 0 Å². The van der Waals surface area contributed by atoms with Crippen LogP contribution in [0, 0.1) is 11.8 Å². The summed E-state index contributed by atoms with van der Waals surface area (Å²) < 4.78 is 0. The van der Waals surface area contributed by atoms with E-state index in [9.17, 15) is 9.90 Å². The first kappa shape index (κ1) is 15.9. The van der Waals surface area contributed by atoms with E-state index >= 15 is 0 Å². The number of hydrogen-bond donors (Lipinski definition) is 1. The Morgan fingerprint density at radius 3 is 2.48 bits per heavy atom. The van der Waals surface area contributed by atoms with Gasteiger partial charge >= 0.3 is 0 Å². The molecule has 5 nitrogen and oxygen atoms in total. The monoisotopic (exact) mass is 321 g/mol. The number of carbonyl (C=O) groups is 1. The Labute approximate surface area is 139 Å². The Hall–Kier alpha value is -0.650. The number of carbonyl (C=O) groups excluding carboxylic acids is 1. The van der Waals surface area contributed by atoms with Crippen molar-refractivity contribution in [1.29, 1.82) is 0 Å². The molecule has 4 rings (SSSR count). The van der Waals surface area contributed by atoms with Gasteiger partial charge in [-0.1, -0.05) is 6.42 Å². The first-order valence-electron chi connectivity index (χ1n) is 9.61. The first-order valence-corrected chi connectivity index (χ1v) is 9.61. The molecular formula is C18H31N3O2. The molecule has 0 aromatic heterocycles. The van der Waals surface area contributed by atoms with E-state index in [2.05, 4.69) is 9.80 Å². The molecule has 1 amide bonds. The van der Waals surface area contributed by atoms with Crippen LogP contribution < -0.4 is 0 Å². The van der Waals surface area contributed by atoms with E-state index in [1.165, 1.54) is 25.7 Å². The lowest BCUT2D eigenvalue weighted by Crippen LogP contribution is -2.53. The summed E-state index contributed by atoms with van der Waals surface area (Å²) in [6, 6.07) is 0.850. The maximum absolute atomic E-state index is 11.6. The third-order valence-corrected chi connectivity index (χ3v) is 6.65. The maximum Gasteiger partial charge on any atom is 0.222 e. The van der Waals surface area contributed by atoms with Crippen molar-refractivity contribution in [2.45, 2.75) is 50.7 Å². The highest BCUT2D eigenvalue weighted by molar-refractivity contribution is 5.78. The Balaban J connectivity index is 1.20. The summed E-state index contributed by atoms with van der Waals surface area (Å²) in [6.45, 7) is 6.51. The smallest absolute Gasteiger partial charge is 0.222 e. The normalized spacial score (nSPS) is 37.0. The summed E-state index contributed by atoms with van der Waals surface area (Å²) >= 11 is 0. The third kappa shape index (κ3) is 3.42. The standard InChI is InChI=1S/C18H31N3O2/c22-16(13-21-5-1-2-18(21)23)12-19-6-8-20(9-7-19)17-11-14-3-4-15(17)10-14/h14-17,22H,1-13H2. The molecule has 1 N–H and O–H groups in total. The number of rotatable bonds is 5. The molecule has 2 saturated carbocycles. The average Bonchev–Trinajstić information content (AvgIpc) is 3.26. The highest BCUT2D eigenvalue weighted by Gasteiger charge is 2.42. The molecule has 0 spiro atoms. The minimum absolute atomic E-state index is 0.213. The molecular weight excluding hydrogens is 290 g/mol. The molecule has 2 heterocycles. The van der Waals surface area contributed by atoms with Crippen LogP contribution in [0.5, 0.6) is 0 Å². The van der Waals surface area contributed by atoms with Gasteiger partial charge in [-0.2, -0.15) is 0 Å². The van der Waals surface area contributed by atoms with Crippen molar-refractivity contribution >= 4 is 5.91 Å². The van der Waals surface area contributed by atoms with Crippen LogP contribution >= 0.6 is 0 Å². The Morgan fingerprint density at radius 2 is 1.87 bits per heavy atom. The van der Waals surface area contributed by atoms with Gasteiger partial charge in [-0.3, -0.25) is 14.6 Å². The molecule has 2 bridgehead atoms. The van der Waals surface area contributed by atoms with Crippen LogP contribution in [0.3, 0.4) is 0 Å². The van der Waals surface area contributed by atoms with Gasteiger partial charge in [0.1, 0.15) is 0 Å². The molecule has 130 valence electrons. The molecule has 0 aromatic rings. The highest BCUT2D eigenvalue weighted by atomic mass is 16.3. The van der Waals surface area contributed by atoms with Gasteiger partial charge in [-0.05, 0) is 37.5 Å². The van der Waals surface area contributed by atoms with Crippen LogP contribution in [0.2, 0.25) is 0 Å². The van der Waals surface area contributed by atoms with Crippen molar-refractivity contribution in [2.24, 2.45) is 11.8 Å². The maximum atomic E-state index is 11.6. The zero-order valence-corrected chi connectivity index (χ0v) is 14.2. The Bertz CT molecular complexity index is 436. The number of aliphatic hydroxyl groups excluding tert-OH is 1. The fourth-order valence-electron chi connectivity index (χ4n) is 5.44. The number of piperazine rings is 1. The van der Waals surface area contributed by atoms with Crippen molar-refractivity contribution < 1.29 is 9.90 Å². The molecule has 4 aliphatic rings. The van der Waals surface area contributed by atoms with E-state index in [0.717, 1.165) is 57.0 Å². The second-order valence-electron chi connectivity index (χ2n) is 8.18. The van der Waals surface area contributed by atoms with E-state index in [0.29, 0.717) is 19.5 Å². The van der Waals surface area contributed by atoms with Gasteiger partial charge in [-0.25, -0.2) is 0 Å². The van der Waals surface area contributed by atoms with Crippen molar-refractivity contribution in [3.63, 3.8) is 0 Å². The second-order valence-corrected chi connectivity index (χ2v) is 8.18. The van der Waals surface area contributed by atoms with Gasteiger partial charge < -0.3 is 10.0 Å². The van der Waals surface area contributed by atoms with Crippen molar-refractivity contribution in [2.75, 3.05) is 45.8 Å². The minimum atomic E-state index is -0.397. The Morgan fingerprint density at radius 1 is 1.04 bits per heavy atom. The largest absolute Gasteiger partial charge is 0.390 e. The van der Waals surface area contributed by atoms with Crippen LogP contribution in [-0.4, -0.2) is 83.7 Å². The molecule has 4 unspecified atom stereocenters. The summed E-state index contributed by atoms with van der Waals surface area (Å²) in [5.41, 5.74) is 0. The number of fused-ring (bicyclic) bond motifs is 2. The third-order valence-electron chi connectivity index (χ3n) is 6.65. The van der Waals surface area contributed by atoms with E-state index in [1.807, 2.05) is 4.90 Å². The number of hydrogen-bond acceptors (Lipinski definition) is 4. The van der Waals surface area contributed by atoms with Crippen LogP contribution in [0.25, 0.3) is 0 Å². The number of likely N-dealkylation sites (tertiary alicyclic amines) is 1. The van der Waals surface area contributed by atoms with Gasteiger partial charge in [0, 0.05) is 58.3 Å². The number of amides is 1. The molecule has 0 radical (unpaired) electrons. The molecule has 4 atom stereocenters. The van der Waals surface area contributed by atoms with Crippen LogP contribution in [0.15, 0.2) is 0 Å². The van der Waals surface area contributed by atoms with Gasteiger partial charge in [0.2, 0.25) is 5.91 Å². The lowest BCUT2D eigenvalue weighted by atomic mass is 9.93. The molecule has 5 heteroatoms. The summed E-state index contributed by atoms with van der Waals surface area (Å²) in [6.07, 6.45) is 7.06. The second kappa shape index (κ2) is 6.69. The first-order chi connectivity index (χ1) is 11.2. The molecule has 0 aromatic carbocycles. The number of β-amino-alcohol motifs (C(OH)–C–C–N with tert-alkyl or cyclic N) is 1. The lowest BCUT2D eigenvalue weighted by Gasteiger charge is -2.41. The summed E-state index contributed by atoms with van der Waals surface area (Å²) in [7, 11) is 0. The van der Waals surface area contributed by atoms with Crippen LogP contribution in [0.1, 0.15) is 38.5 Å². The van der Waals surface area contributed by atoms with Gasteiger partial charge in [0.25, 0.3) is 0 Å². The molecule has 4 fully saturated rings. The SMILES string of the molecule is O=C1CCCN1CC(O)CN1CCN(C2CC3CCC2C3)CC1.